The van der Waals surface area contributed by atoms with Gasteiger partial charge in [0.1, 0.15) is 0 Å². The molecule has 1 aromatic rings. The van der Waals surface area contributed by atoms with Crippen molar-refractivity contribution in [1.29, 1.82) is 0 Å². The summed E-state index contributed by atoms with van der Waals surface area (Å²) in [6, 6.07) is 2.58. The van der Waals surface area contributed by atoms with Crippen molar-refractivity contribution in [2.24, 2.45) is 0 Å². The molecule has 1 amide bonds. The second-order valence-electron chi connectivity index (χ2n) is 3.29. The first kappa shape index (κ1) is 15.1. The zero-order valence-corrected chi connectivity index (χ0v) is 10.9. The molecule has 0 bridgehead atoms. The quantitative estimate of drug-likeness (QED) is 0.634. The van der Waals surface area contributed by atoms with Crippen molar-refractivity contribution in [3.05, 3.63) is 32.9 Å². The Hall–Kier alpha value is -0.930. The van der Waals surface area contributed by atoms with Gasteiger partial charge in [0.05, 0.1) is 17.7 Å². The number of benzene rings is 1. The molecule has 18 heavy (non-hydrogen) atoms. The predicted molar refractivity (Wildman–Crippen MR) is 62.5 cm³/mol. The first-order valence-corrected chi connectivity index (χ1v) is 5.73. The molecule has 0 saturated heterocycles. The topological polar surface area (TPSA) is 29.1 Å². The molecule has 0 spiro atoms. The molecule has 0 heterocycles. The van der Waals surface area contributed by atoms with Gasteiger partial charge in [0.15, 0.2) is 0 Å². The summed E-state index contributed by atoms with van der Waals surface area (Å²) in [5, 5.41) is 1.86. The van der Waals surface area contributed by atoms with Gasteiger partial charge < -0.3 is 5.32 Å². The Morgan fingerprint density at radius 2 is 1.94 bits per heavy atom. The van der Waals surface area contributed by atoms with E-state index in [4.69, 9.17) is 0 Å². The summed E-state index contributed by atoms with van der Waals surface area (Å²) in [4.78, 5) is 11.4. The smallest absolute Gasteiger partial charge is 0.346 e. The minimum Gasteiger partial charge on any atom is -0.346 e. The van der Waals surface area contributed by atoms with Gasteiger partial charge in [-0.05, 0) is 40.8 Å². The summed E-state index contributed by atoms with van der Waals surface area (Å²) in [6.45, 7) is -0.898. The fourth-order valence-corrected chi connectivity index (χ4v) is 1.72. The second-order valence-corrected chi connectivity index (χ2v) is 4.46. The van der Waals surface area contributed by atoms with Gasteiger partial charge in [-0.2, -0.15) is 13.2 Å². The van der Waals surface area contributed by atoms with Crippen molar-refractivity contribution in [3.63, 3.8) is 0 Å². The van der Waals surface area contributed by atoms with Crippen molar-refractivity contribution in [1.82, 2.24) is 5.32 Å². The first-order chi connectivity index (χ1) is 8.21. The molecule has 0 aromatic heterocycles. The third-order valence-electron chi connectivity index (χ3n) is 1.96. The van der Waals surface area contributed by atoms with Crippen LogP contribution in [0.5, 0.6) is 0 Å². The van der Waals surface area contributed by atoms with Crippen LogP contribution in [0.3, 0.4) is 0 Å². The maximum Gasteiger partial charge on any atom is 0.416 e. The number of rotatable bonds is 3. The van der Waals surface area contributed by atoms with E-state index >= 15 is 0 Å². The number of carbonyl (C=O) groups excluding carboxylic acids is 1. The van der Waals surface area contributed by atoms with Crippen molar-refractivity contribution in [2.45, 2.75) is 12.6 Å². The Bertz CT molecular complexity index is 446. The summed E-state index contributed by atoms with van der Waals surface area (Å²) < 4.78 is 61.3. The number of hydrogen-bond donors (Lipinski definition) is 1. The van der Waals surface area contributed by atoms with E-state index in [1.54, 1.807) is 22.6 Å². The highest BCUT2D eigenvalue weighted by molar-refractivity contribution is 14.1. The lowest BCUT2D eigenvalue weighted by molar-refractivity contribution is -0.137. The molecule has 0 radical (unpaired) electrons. The van der Waals surface area contributed by atoms with Crippen LogP contribution in [0.2, 0.25) is 0 Å². The van der Waals surface area contributed by atoms with Gasteiger partial charge in [-0.1, -0.05) is 0 Å². The van der Waals surface area contributed by atoms with Crippen molar-refractivity contribution in [3.8, 4) is 0 Å². The van der Waals surface area contributed by atoms with Crippen molar-refractivity contribution in [2.75, 3.05) is 6.54 Å². The minimum atomic E-state index is -4.58. The molecule has 1 rings (SSSR count). The van der Waals surface area contributed by atoms with Crippen molar-refractivity contribution < 1.29 is 26.7 Å². The van der Waals surface area contributed by atoms with Gasteiger partial charge in [0, 0.05) is 3.57 Å². The minimum absolute atomic E-state index is 0.257. The van der Waals surface area contributed by atoms with Crippen LogP contribution in [-0.4, -0.2) is 18.9 Å². The van der Waals surface area contributed by atoms with E-state index in [1.807, 2.05) is 5.32 Å². The molecule has 0 aliphatic carbocycles. The van der Waals surface area contributed by atoms with E-state index in [2.05, 4.69) is 0 Å². The Morgan fingerprint density at radius 1 is 1.33 bits per heavy atom. The van der Waals surface area contributed by atoms with Crippen LogP contribution in [0.4, 0.5) is 22.0 Å². The van der Waals surface area contributed by atoms with E-state index in [0.717, 1.165) is 12.1 Å². The lowest BCUT2D eigenvalue weighted by Crippen LogP contribution is -2.29. The number of halogens is 6. The standard InChI is InChI=1S/C10H7F5INO/c11-8(12)4-17-9(18)6-3-5(10(13,14)15)1-2-7(6)16/h1-3,8H,4H2,(H,17,18). The first-order valence-electron chi connectivity index (χ1n) is 4.65. The number of amides is 1. The molecule has 0 saturated carbocycles. The summed E-state index contributed by atoms with van der Waals surface area (Å²) >= 11 is 1.66. The normalized spacial score (nSPS) is 11.7. The van der Waals surface area contributed by atoms with Crippen LogP contribution >= 0.6 is 22.6 Å². The predicted octanol–water partition coefficient (Wildman–Crippen LogP) is 3.30. The van der Waals surface area contributed by atoms with Crippen LogP contribution in [0.25, 0.3) is 0 Å². The molecule has 1 aromatic carbocycles. The summed E-state index contributed by atoms with van der Waals surface area (Å²) in [6.07, 6.45) is -7.33. The zero-order valence-electron chi connectivity index (χ0n) is 8.69. The largest absolute Gasteiger partial charge is 0.416 e. The third-order valence-corrected chi connectivity index (χ3v) is 2.90. The van der Waals surface area contributed by atoms with E-state index in [0.29, 0.717) is 6.07 Å². The van der Waals surface area contributed by atoms with E-state index in [9.17, 15) is 26.7 Å². The lowest BCUT2D eigenvalue weighted by Gasteiger charge is -2.10. The molecule has 0 atom stereocenters. The van der Waals surface area contributed by atoms with Gasteiger partial charge in [-0.3, -0.25) is 4.79 Å². The molecular weight excluding hydrogens is 372 g/mol. The van der Waals surface area contributed by atoms with Gasteiger partial charge in [0.25, 0.3) is 12.3 Å². The summed E-state index contributed by atoms with van der Waals surface area (Å²) in [5.74, 6) is -0.953. The van der Waals surface area contributed by atoms with Gasteiger partial charge >= 0.3 is 6.18 Å². The number of alkyl halides is 5. The number of carbonyl (C=O) groups is 1. The van der Waals surface area contributed by atoms with Crippen LogP contribution < -0.4 is 5.32 Å². The number of nitrogens with one attached hydrogen (secondary N) is 1. The molecule has 0 fully saturated rings. The monoisotopic (exact) mass is 379 g/mol. The van der Waals surface area contributed by atoms with Crippen LogP contribution in [0.1, 0.15) is 15.9 Å². The highest BCUT2D eigenvalue weighted by Gasteiger charge is 2.31. The Balaban J connectivity index is 2.97. The van der Waals surface area contributed by atoms with Crippen LogP contribution in [-0.2, 0) is 6.18 Å². The van der Waals surface area contributed by atoms with E-state index in [1.165, 1.54) is 0 Å². The van der Waals surface area contributed by atoms with E-state index < -0.39 is 30.6 Å². The fraction of sp³-hybridized carbons (Fsp3) is 0.300. The SMILES string of the molecule is O=C(NCC(F)F)c1cc(C(F)(F)F)ccc1I. The van der Waals surface area contributed by atoms with Crippen LogP contribution in [0, 0.1) is 3.57 Å². The van der Waals surface area contributed by atoms with Gasteiger partial charge in [-0.25, -0.2) is 8.78 Å². The fourth-order valence-electron chi connectivity index (χ4n) is 1.14. The van der Waals surface area contributed by atoms with Crippen molar-refractivity contribution >= 4 is 28.5 Å². The molecule has 0 aliphatic heterocycles. The maximum atomic E-state index is 12.4. The maximum absolute atomic E-state index is 12.4. The Morgan fingerprint density at radius 3 is 2.44 bits per heavy atom. The number of hydrogen-bond acceptors (Lipinski definition) is 1. The second kappa shape index (κ2) is 5.81. The van der Waals surface area contributed by atoms with Gasteiger partial charge in [-0.15, -0.1) is 0 Å². The molecule has 2 nitrogen and oxygen atoms in total. The average molecular weight is 379 g/mol. The average Bonchev–Trinajstić information content (AvgIpc) is 2.24. The lowest BCUT2D eigenvalue weighted by atomic mass is 10.1. The summed E-state index contributed by atoms with van der Waals surface area (Å²) in [5.41, 5.74) is -1.27. The Kier molecular flexibility index (Phi) is 4.88. The molecule has 100 valence electrons. The molecule has 0 unspecified atom stereocenters. The molecule has 1 N–H and O–H groups in total. The highest BCUT2D eigenvalue weighted by Crippen LogP contribution is 2.30. The van der Waals surface area contributed by atoms with Gasteiger partial charge in [0.2, 0.25) is 0 Å². The zero-order chi connectivity index (χ0) is 13.9. The molecular formula is C10H7F5INO. The third kappa shape index (κ3) is 4.07. The van der Waals surface area contributed by atoms with Crippen LogP contribution in [0.15, 0.2) is 18.2 Å². The molecule has 8 heteroatoms. The summed E-state index contributed by atoms with van der Waals surface area (Å²) in [7, 11) is 0. The highest BCUT2D eigenvalue weighted by atomic mass is 127. The van der Waals surface area contributed by atoms with E-state index in [-0.39, 0.29) is 9.13 Å². The molecule has 0 aliphatic rings. The Labute approximate surface area is 113 Å².